The van der Waals surface area contributed by atoms with E-state index in [9.17, 15) is 4.39 Å². The van der Waals surface area contributed by atoms with Crippen LogP contribution in [0.4, 0.5) is 4.39 Å². The summed E-state index contributed by atoms with van der Waals surface area (Å²) in [5.74, 6) is 1.43. The Kier molecular flexibility index (Phi) is 4.01. The first-order valence-corrected chi connectivity index (χ1v) is 8.81. The van der Waals surface area contributed by atoms with Crippen molar-refractivity contribution >= 4 is 22.4 Å². The van der Waals surface area contributed by atoms with Gasteiger partial charge in [0, 0.05) is 17.5 Å². The van der Waals surface area contributed by atoms with Crippen LogP contribution in [0, 0.1) is 12.7 Å². The molecule has 0 saturated heterocycles. The zero-order valence-electron chi connectivity index (χ0n) is 14.0. The summed E-state index contributed by atoms with van der Waals surface area (Å²) in [4.78, 5) is 7.01. The number of hydrogen-bond donors (Lipinski definition) is 0. The van der Waals surface area contributed by atoms with Gasteiger partial charge >= 0.3 is 0 Å². The predicted molar refractivity (Wildman–Crippen MR) is 99.8 cm³/mol. The molecule has 4 rings (SSSR count). The third-order valence-electron chi connectivity index (χ3n) is 4.17. The van der Waals surface area contributed by atoms with E-state index in [0.29, 0.717) is 12.1 Å². The zero-order chi connectivity index (χ0) is 17.4. The van der Waals surface area contributed by atoms with Crippen molar-refractivity contribution in [2.45, 2.75) is 13.5 Å². The molecule has 0 spiro atoms. The molecular formula is C20H17FN2OS. The van der Waals surface area contributed by atoms with Crippen LogP contribution in [0.3, 0.4) is 0 Å². The fourth-order valence-electron chi connectivity index (χ4n) is 2.92. The van der Waals surface area contributed by atoms with Crippen molar-refractivity contribution in [1.29, 1.82) is 0 Å². The molecule has 0 saturated carbocycles. The molecule has 4 aromatic rings. The van der Waals surface area contributed by atoms with Crippen LogP contribution in [0.1, 0.15) is 10.4 Å². The van der Waals surface area contributed by atoms with Crippen molar-refractivity contribution in [1.82, 2.24) is 9.55 Å². The van der Waals surface area contributed by atoms with Crippen molar-refractivity contribution in [3.05, 3.63) is 70.9 Å². The third-order valence-corrected chi connectivity index (χ3v) is 5.17. The lowest BCUT2D eigenvalue weighted by molar-refractivity contribution is 0.414. The highest BCUT2D eigenvalue weighted by atomic mass is 32.1. The normalized spacial score (nSPS) is 11.2. The second kappa shape index (κ2) is 6.33. The van der Waals surface area contributed by atoms with Gasteiger partial charge in [0.2, 0.25) is 0 Å². The molecule has 5 heteroatoms. The number of methoxy groups -OCH3 is 1. The first kappa shape index (κ1) is 15.8. The number of halogens is 1. The molecule has 2 heterocycles. The van der Waals surface area contributed by atoms with Crippen LogP contribution in [0.25, 0.3) is 21.7 Å². The number of hydrogen-bond acceptors (Lipinski definition) is 3. The largest absolute Gasteiger partial charge is 0.497 e. The van der Waals surface area contributed by atoms with Gasteiger partial charge in [-0.3, -0.25) is 0 Å². The third kappa shape index (κ3) is 3.03. The quantitative estimate of drug-likeness (QED) is 0.500. The molecule has 0 aliphatic carbocycles. The molecule has 2 aromatic carbocycles. The van der Waals surface area contributed by atoms with Gasteiger partial charge in [0.25, 0.3) is 0 Å². The van der Waals surface area contributed by atoms with Crippen molar-refractivity contribution in [3.63, 3.8) is 0 Å². The molecule has 0 atom stereocenters. The lowest BCUT2D eigenvalue weighted by Crippen LogP contribution is -2.01. The highest BCUT2D eigenvalue weighted by molar-refractivity contribution is 7.15. The minimum atomic E-state index is -0.268. The Morgan fingerprint density at radius 3 is 2.56 bits per heavy atom. The molecule has 0 unspecified atom stereocenters. The van der Waals surface area contributed by atoms with Gasteiger partial charge in [-0.2, -0.15) is 0 Å². The molecule has 3 nitrogen and oxygen atoms in total. The maximum Gasteiger partial charge on any atom is 0.151 e. The molecule has 0 fully saturated rings. The highest BCUT2D eigenvalue weighted by Gasteiger charge is 2.15. The van der Waals surface area contributed by atoms with E-state index in [2.05, 4.69) is 23.6 Å². The summed E-state index contributed by atoms with van der Waals surface area (Å²) in [5.41, 5.74) is 2.74. The van der Waals surface area contributed by atoms with E-state index in [-0.39, 0.29) is 5.82 Å². The van der Waals surface area contributed by atoms with Crippen LogP contribution in [0.15, 0.2) is 54.6 Å². The first-order valence-electron chi connectivity index (χ1n) is 7.99. The van der Waals surface area contributed by atoms with Gasteiger partial charge in [-0.05, 0) is 48.9 Å². The summed E-state index contributed by atoms with van der Waals surface area (Å²) < 4.78 is 21.0. The smallest absolute Gasteiger partial charge is 0.151 e. The van der Waals surface area contributed by atoms with E-state index in [0.717, 1.165) is 27.5 Å². The van der Waals surface area contributed by atoms with Crippen LogP contribution in [-0.2, 0) is 6.54 Å². The molecule has 2 aromatic heterocycles. The molecule has 0 N–H and O–H groups in total. The monoisotopic (exact) mass is 352 g/mol. The lowest BCUT2D eigenvalue weighted by Gasteiger charge is -2.09. The molecule has 126 valence electrons. The number of aryl methyl sites for hydroxylation is 1. The van der Waals surface area contributed by atoms with Crippen LogP contribution >= 0.6 is 11.3 Å². The molecule has 0 radical (unpaired) electrons. The average molecular weight is 352 g/mol. The van der Waals surface area contributed by atoms with E-state index in [4.69, 9.17) is 9.72 Å². The Morgan fingerprint density at radius 1 is 1.08 bits per heavy atom. The summed E-state index contributed by atoms with van der Waals surface area (Å²) in [6.45, 7) is 2.74. The van der Waals surface area contributed by atoms with Crippen molar-refractivity contribution < 1.29 is 9.13 Å². The minimum absolute atomic E-state index is 0.268. The number of aromatic nitrogens is 2. The number of imidazole rings is 1. The number of benzene rings is 2. The highest BCUT2D eigenvalue weighted by Crippen LogP contribution is 2.31. The molecule has 0 amide bonds. The van der Waals surface area contributed by atoms with Gasteiger partial charge < -0.3 is 9.30 Å². The predicted octanol–water partition coefficient (Wildman–Crippen LogP) is 5.27. The van der Waals surface area contributed by atoms with Gasteiger partial charge in [-0.1, -0.05) is 12.1 Å². The fourth-order valence-corrected chi connectivity index (χ4v) is 3.79. The Labute approximate surface area is 149 Å². The van der Waals surface area contributed by atoms with E-state index >= 15 is 0 Å². The fraction of sp³-hybridized carbons (Fsp3) is 0.150. The lowest BCUT2D eigenvalue weighted by atomic mass is 10.2. The van der Waals surface area contributed by atoms with Gasteiger partial charge in [-0.15, -0.1) is 11.3 Å². The summed E-state index contributed by atoms with van der Waals surface area (Å²) in [7, 11) is 1.66. The maximum absolute atomic E-state index is 13.6. The standard InChI is InChI=1S/C20H17FN2OS/c1-13-3-10-19(25-13)20-22-17-11-15(21)6-9-18(17)23(20)12-14-4-7-16(24-2)8-5-14/h3-11H,12H2,1-2H3. The van der Waals surface area contributed by atoms with Crippen LogP contribution in [0.2, 0.25) is 0 Å². The Balaban J connectivity index is 1.84. The van der Waals surface area contributed by atoms with Crippen molar-refractivity contribution in [2.75, 3.05) is 7.11 Å². The Morgan fingerprint density at radius 2 is 1.88 bits per heavy atom. The van der Waals surface area contributed by atoms with E-state index in [1.165, 1.54) is 17.0 Å². The minimum Gasteiger partial charge on any atom is -0.497 e. The van der Waals surface area contributed by atoms with Crippen molar-refractivity contribution in [3.8, 4) is 16.5 Å². The zero-order valence-corrected chi connectivity index (χ0v) is 14.8. The maximum atomic E-state index is 13.6. The Bertz CT molecular complexity index is 1030. The van der Waals surface area contributed by atoms with Gasteiger partial charge in [0.05, 0.1) is 23.0 Å². The summed E-state index contributed by atoms with van der Waals surface area (Å²) in [5, 5.41) is 0. The molecule has 0 bridgehead atoms. The molecular weight excluding hydrogens is 335 g/mol. The Hall–Kier alpha value is -2.66. The number of ether oxygens (including phenoxy) is 1. The number of nitrogens with zero attached hydrogens (tertiary/aromatic N) is 2. The summed E-state index contributed by atoms with van der Waals surface area (Å²) in [6, 6.07) is 16.9. The molecule has 0 aliphatic rings. The van der Waals surface area contributed by atoms with E-state index in [1.807, 2.05) is 24.3 Å². The van der Waals surface area contributed by atoms with Gasteiger partial charge in [0.15, 0.2) is 5.82 Å². The van der Waals surface area contributed by atoms with Crippen LogP contribution < -0.4 is 4.74 Å². The van der Waals surface area contributed by atoms with Gasteiger partial charge in [0.1, 0.15) is 11.6 Å². The van der Waals surface area contributed by atoms with Crippen molar-refractivity contribution in [2.24, 2.45) is 0 Å². The molecule has 0 aliphatic heterocycles. The average Bonchev–Trinajstić information content (AvgIpc) is 3.19. The van der Waals surface area contributed by atoms with E-state index < -0.39 is 0 Å². The number of rotatable bonds is 4. The second-order valence-corrected chi connectivity index (χ2v) is 7.20. The first-order chi connectivity index (χ1) is 12.1. The number of thiophene rings is 1. The second-order valence-electron chi connectivity index (χ2n) is 5.91. The SMILES string of the molecule is COc1ccc(Cn2c(-c3ccc(C)s3)nc3cc(F)ccc32)cc1. The van der Waals surface area contributed by atoms with Crippen LogP contribution in [0.5, 0.6) is 5.75 Å². The summed E-state index contributed by atoms with van der Waals surface area (Å²) in [6.07, 6.45) is 0. The summed E-state index contributed by atoms with van der Waals surface area (Å²) >= 11 is 1.69. The molecule has 25 heavy (non-hydrogen) atoms. The van der Waals surface area contributed by atoms with E-state index in [1.54, 1.807) is 24.5 Å². The topological polar surface area (TPSA) is 27.1 Å². The van der Waals surface area contributed by atoms with Gasteiger partial charge in [-0.25, -0.2) is 9.37 Å². The number of fused-ring (bicyclic) bond motifs is 1. The van der Waals surface area contributed by atoms with Crippen LogP contribution in [-0.4, -0.2) is 16.7 Å².